The molecule has 34 heavy (non-hydrogen) atoms. The highest BCUT2D eigenvalue weighted by Crippen LogP contribution is 2.46. The quantitative estimate of drug-likeness (QED) is 0.446. The van der Waals surface area contributed by atoms with Crippen molar-refractivity contribution >= 4 is 0 Å². The molecule has 2 N–H and O–H groups in total. The highest BCUT2D eigenvalue weighted by Gasteiger charge is 2.35. The normalized spacial score (nSPS) is 19.5. The van der Waals surface area contributed by atoms with Crippen LogP contribution in [0.2, 0.25) is 0 Å². The molecule has 1 aliphatic rings. The first-order valence-electron chi connectivity index (χ1n) is 14.1. The third-order valence-corrected chi connectivity index (χ3v) is 8.65. The number of benzene rings is 2. The first-order chi connectivity index (χ1) is 16.4. The van der Waals surface area contributed by atoms with Crippen molar-refractivity contribution in [2.75, 3.05) is 0 Å². The van der Waals surface area contributed by atoms with Gasteiger partial charge in [-0.3, -0.25) is 0 Å². The number of aromatic hydroxyl groups is 2. The van der Waals surface area contributed by atoms with Crippen LogP contribution in [-0.4, -0.2) is 10.2 Å². The molecule has 2 unspecified atom stereocenters. The smallest absolute Gasteiger partial charge is 0.119 e. The zero-order chi connectivity index (χ0) is 24.6. The molecule has 2 heteroatoms. The van der Waals surface area contributed by atoms with E-state index in [0.29, 0.717) is 23.3 Å². The molecule has 1 saturated carbocycles. The average Bonchev–Trinajstić information content (AvgIpc) is 2.84. The van der Waals surface area contributed by atoms with Gasteiger partial charge in [0.2, 0.25) is 0 Å². The zero-order valence-corrected chi connectivity index (χ0v) is 22.2. The van der Waals surface area contributed by atoms with Gasteiger partial charge in [-0.05, 0) is 71.9 Å². The monoisotopic (exact) mass is 464 g/mol. The zero-order valence-electron chi connectivity index (χ0n) is 22.2. The second-order valence-corrected chi connectivity index (χ2v) is 10.9. The summed E-state index contributed by atoms with van der Waals surface area (Å²) in [5.74, 6) is 1.51. The van der Waals surface area contributed by atoms with Crippen LogP contribution >= 0.6 is 0 Å². The molecule has 188 valence electrons. The number of hydrogen-bond donors (Lipinski definition) is 2. The summed E-state index contributed by atoms with van der Waals surface area (Å²) in [6, 6.07) is 12.9. The van der Waals surface area contributed by atoms with E-state index in [2.05, 4.69) is 52.0 Å². The van der Waals surface area contributed by atoms with Crippen LogP contribution in [0.4, 0.5) is 0 Å². The predicted octanol–water partition coefficient (Wildman–Crippen LogP) is 9.72. The molecule has 0 aromatic heterocycles. The molecule has 0 bridgehead atoms. The maximum absolute atomic E-state index is 10.7. The van der Waals surface area contributed by atoms with Crippen molar-refractivity contribution in [2.45, 2.75) is 128 Å². The Hall–Kier alpha value is -1.96. The Labute approximate surface area is 208 Å². The summed E-state index contributed by atoms with van der Waals surface area (Å²) < 4.78 is 0. The van der Waals surface area contributed by atoms with Gasteiger partial charge in [0.15, 0.2) is 0 Å². The summed E-state index contributed by atoms with van der Waals surface area (Å²) >= 11 is 0. The van der Waals surface area contributed by atoms with Gasteiger partial charge in [-0.25, -0.2) is 0 Å². The Morgan fingerprint density at radius 2 is 0.971 bits per heavy atom. The first kappa shape index (κ1) is 26.6. The average molecular weight is 465 g/mol. The molecule has 1 aliphatic carbocycles. The summed E-state index contributed by atoms with van der Waals surface area (Å²) in [6.07, 6.45) is 16.1. The fourth-order valence-corrected chi connectivity index (χ4v) is 5.89. The van der Waals surface area contributed by atoms with E-state index in [9.17, 15) is 10.2 Å². The first-order valence-corrected chi connectivity index (χ1v) is 14.1. The van der Waals surface area contributed by atoms with Crippen LogP contribution in [-0.2, 0) is 5.41 Å². The summed E-state index contributed by atoms with van der Waals surface area (Å²) in [5, 5.41) is 21.4. The van der Waals surface area contributed by atoms with Crippen LogP contribution in [0.1, 0.15) is 145 Å². The number of phenols is 2. The van der Waals surface area contributed by atoms with Crippen molar-refractivity contribution in [3.05, 3.63) is 58.7 Å². The van der Waals surface area contributed by atoms with E-state index >= 15 is 0 Å². The number of hydrogen-bond acceptors (Lipinski definition) is 2. The fourth-order valence-electron chi connectivity index (χ4n) is 5.89. The van der Waals surface area contributed by atoms with E-state index in [-0.39, 0.29) is 5.41 Å². The summed E-state index contributed by atoms with van der Waals surface area (Å²) in [4.78, 5) is 0. The van der Waals surface area contributed by atoms with Gasteiger partial charge in [0.25, 0.3) is 0 Å². The lowest BCUT2D eigenvalue weighted by molar-refractivity contribution is 0.380. The lowest BCUT2D eigenvalue weighted by Gasteiger charge is -2.37. The van der Waals surface area contributed by atoms with E-state index in [1.165, 1.54) is 68.9 Å². The second kappa shape index (κ2) is 12.7. The van der Waals surface area contributed by atoms with E-state index in [1.54, 1.807) is 0 Å². The molecule has 3 rings (SSSR count). The minimum absolute atomic E-state index is 0.0784. The largest absolute Gasteiger partial charge is 0.508 e. The van der Waals surface area contributed by atoms with Gasteiger partial charge < -0.3 is 10.2 Å². The van der Waals surface area contributed by atoms with E-state index in [4.69, 9.17) is 0 Å². The molecule has 0 aliphatic heterocycles. The SMILES string of the molecule is CCC(C)c1cc(C2(c3ccc(O)c(C(C)CC)c3)CCCCCCCCCCC2)ccc1O. The second-order valence-electron chi connectivity index (χ2n) is 10.9. The van der Waals surface area contributed by atoms with Gasteiger partial charge in [0, 0.05) is 5.41 Å². The molecule has 1 fully saturated rings. The Balaban J connectivity index is 2.16. The standard InChI is InChI=1S/C32H48O2/c1-5-24(3)28-22-26(16-18-30(28)33)32(20-14-12-10-8-7-9-11-13-15-21-32)27-17-19-31(34)29(23-27)25(4)6-2/h16-19,22-25,33-34H,5-15,20-21H2,1-4H3. The lowest BCUT2D eigenvalue weighted by atomic mass is 9.66. The van der Waals surface area contributed by atoms with Crippen LogP contribution in [0, 0.1) is 0 Å². The van der Waals surface area contributed by atoms with Crippen LogP contribution in [0.3, 0.4) is 0 Å². The molecule has 2 nitrogen and oxygen atoms in total. The lowest BCUT2D eigenvalue weighted by Crippen LogP contribution is -2.29. The summed E-state index contributed by atoms with van der Waals surface area (Å²) in [5.41, 5.74) is 4.76. The van der Waals surface area contributed by atoms with Gasteiger partial charge >= 0.3 is 0 Å². The summed E-state index contributed by atoms with van der Waals surface area (Å²) in [7, 11) is 0. The van der Waals surface area contributed by atoms with Gasteiger partial charge in [-0.15, -0.1) is 0 Å². The van der Waals surface area contributed by atoms with Crippen molar-refractivity contribution in [2.24, 2.45) is 0 Å². The van der Waals surface area contributed by atoms with Crippen LogP contribution < -0.4 is 0 Å². The molecule has 0 amide bonds. The minimum Gasteiger partial charge on any atom is -0.508 e. The minimum atomic E-state index is -0.0784. The molecular weight excluding hydrogens is 416 g/mol. The maximum Gasteiger partial charge on any atom is 0.119 e. The molecular formula is C32H48O2. The highest BCUT2D eigenvalue weighted by molar-refractivity contribution is 5.49. The third kappa shape index (κ3) is 6.18. The molecule has 2 aromatic carbocycles. The van der Waals surface area contributed by atoms with E-state index in [0.717, 1.165) is 36.8 Å². The Morgan fingerprint density at radius 1 is 0.618 bits per heavy atom. The Morgan fingerprint density at radius 3 is 1.32 bits per heavy atom. The van der Waals surface area contributed by atoms with Gasteiger partial charge in [-0.2, -0.15) is 0 Å². The maximum atomic E-state index is 10.7. The molecule has 0 saturated heterocycles. The number of phenolic OH excluding ortho intramolecular Hbond substituents is 2. The van der Waals surface area contributed by atoms with Crippen LogP contribution in [0.15, 0.2) is 36.4 Å². The van der Waals surface area contributed by atoms with E-state index < -0.39 is 0 Å². The molecule has 2 aromatic rings. The highest BCUT2D eigenvalue weighted by atomic mass is 16.3. The Bertz CT molecular complexity index is 826. The van der Waals surface area contributed by atoms with Gasteiger partial charge in [-0.1, -0.05) is 110 Å². The fraction of sp³-hybridized carbons (Fsp3) is 0.625. The molecule has 0 spiro atoms. The predicted molar refractivity (Wildman–Crippen MR) is 145 cm³/mol. The molecule has 0 heterocycles. The van der Waals surface area contributed by atoms with Crippen LogP contribution in [0.25, 0.3) is 0 Å². The third-order valence-electron chi connectivity index (χ3n) is 8.65. The van der Waals surface area contributed by atoms with Gasteiger partial charge in [0.05, 0.1) is 0 Å². The van der Waals surface area contributed by atoms with Crippen molar-refractivity contribution < 1.29 is 10.2 Å². The Kier molecular flexibility index (Phi) is 9.92. The van der Waals surface area contributed by atoms with Gasteiger partial charge in [0.1, 0.15) is 11.5 Å². The van der Waals surface area contributed by atoms with Crippen molar-refractivity contribution in [1.82, 2.24) is 0 Å². The molecule has 0 radical (unpaired) electrons. The van der Waals surface area contributed by atoms with Crippen molar-refractivity contribution in [1.29, 1.82) is 0 Å². The summed E-state index contributed by atoms with van der Waals surface area (Å²) in [6.45, 7) is 8.82. The van der Waals surface area contributed by atoms with E-state index in [1.807, 2.05) is 12.1 Å². The topological polar surface area (TPSA) is 40.5 Å². The van der Waals surface area contributed by atoms with Crippen LogP contribution in [0.5, 0.6) is 11.5 Å². The van der Waals surface area contributed by atoms with Crippen molar-refractivity contribution in [3.63, 3.8) is 0 Å². The molecule has 2 atom stereocenters. The number of rotatable bonds is 6. The van der Waals surface area contributed by atoms with Crippen molar-refractivity contribution in [3.8, 4) is 11.5 Å².